The van der Waals surface area contributed by atoms with E-state index in [1.54, 1.807) is 12.1 Å². The van der Waals surface area contributed by atoms with Crippen molar-refractivity contribution in [3.63, 3.8) is 0 Å². The molecule has 1 aromatic carbocycles. The fourth-order valence-corrected chi connectivity index (χ4v) is 1.23. The van der Waals surface area contributed by atoms with Crippen LogP contribution in [-0.2, 0) is 0 Å². The summed E-state index contributed by atoms with van der Waals surface area (Å²) in [4.78, 5) is 2.05. The Labute approximate surface area is 95.5 Å². The van der Waals surface area contributed by atoms with Gasteiger partial charge in [-0.1, -0.05) is 6.07 Å². The Bertz CT molecular complexity index is 396. The van der Waals surface area contributed by atoms with Gasteiger partial charge in [-0.2, -0.15) is 5.26 Å². The first-order valence-electron chi connectivity index (χ1n) is 5.15. The van der Waals surface area contributed by atoms with Gasteiger partial charge in [0.25, 0.3) is 0 Å². The summed E-state index contributed by atoms with van der Waals surface area (Å²) in [5, 5.41) is 11.9. The Morgan fingerprint density at radius 3 is 2.75 bits per heavy atom. The van der Waals surface area contributed by atoms with Crippen LogP contribution in [0.3, 0.4) is 0 Å². The minimum absolute atomic E-state index is 0.0773. The standard InChI is InChI=1S/C12H16FN3/c1-9(16(2)3)8-15-12-6-4-5-11(13)10(12)7-14/h4-6,9,15H,8H2,1-3H3. The number of hydrogen-bond donors (Lipinski definition) is 1. The lowest BCUT2D eigenvalue weighted by atomic mass is 10.1. The second-order valence-electron chi connectivity index (χ2n) is 3.97. The highest BCUT2D eigenvalue weighted by Crippen LogP contribution is 2.17. The summed E-state index contributed by atoms with van der Waals surface area (Å²) in [6.07, 6.45) is 0. The van der Waals surface area contributed by atoms with Crippen molar-refractivity contribution in [2.45, 2.75) is 13.0 Å². The molecule has 86 valence electrons. The van der Waals surface area contributed by atoms with E-state index in [1.165, 1.54) is 6.07 Å². The predicted molar refractivity (Wildman–Crippen MR) is 62.8 cm³/mol. The molecule has 1 unspecified atom stereocenters. The van der Waals surface area contributed by atoms with Crippen molar-refractivity contribution in [3.05, 3.63) is 29.6 Å². The molecule has 0 saturated carbocycles. The molecule has 4 heteroatoms. The number of nitriles is 1. The Hall–Kier alpha value is -1.60. The van der Waals surface area contributed by atoms with Crippen LogP contribution in [0.1, 0.15) is 12.5 Å². The maximum atomic E-state index is 13.3. The lowest BCUT2D eigenvalue weighted by Crippen LogP contribution is -2.31. The first-order valence-corrected chi connectivity index (χ1v) is 5.15. The third-order valence-electron chi connectivity index (χ3n) is 2.59. The van der Waals surface area contributed by atoms with E-state index in [2.05, 4.69) is 17.1 Å². The van der Waals surface area contributed by atoms with Gasteiger partial charge in [0.05, 0.1) is 5.69 Å². The number of likely N-dealkylation sites (N-methyl/N-ethyl adjacent to an activating group) is 1. The van der Waals surface area contributed by atoms with E-state index >= 15 is 0 Å². The third kappa shape index (κ3) is 2.94. The van der Waals surface area contributed by atoms with E-state index in [-0.39, 0.29) is 5.56 Å². The number of benzene rings is 1. The fourth-order valence-electron chi connectivity index (χ4n) is 1.23. The van der Waals surface area contributed by atoms with Crippen molar-refractivity contribution < 1.29 is 4.39 Å². The molecule has 0 heterocycles. The average Bonchev–Trinajstić information content (AvgIpc) is 2.25. The summed E-state index contributed by atoms with van der Waals surface area (Å²) in [5.74, 6) is -0.481. The summed E-state index contributed by atoms with van der Waals surface area (Å²) in [7, 11) is 3.95. The Balaban J connectivity index is 2.75. The number of hydrogen-bond acceptors (Lipinski definition) is 3. The van der Waals surface area contributed by atoms with Crippen molar-refractivity contribution in [2.24, 2.45) is 0 Å². The predicted octanol–water partition coefficient (Wildman–Crippen LogP) is 2.06. The molecule has 1 atom stereocenters. The molecule has 16 heavy (non-hydrogen) atoms. The SMILES string of the molecule is CC(CNc1cccc(F)c1C#N)N(C)C. The van der Waals surface area contributed by atoms with E-state index in [0.29, 0.717) is 18.3 Å². The molecular formula is C12H16FN3. The minimum atomic E-state index is -0.481. The van der Waals surface area contributed by atoms with Crippen LogP contribution in [-0.4, -0.2) is 31.6 Å². The molecule has 0 radical (unpaired) electrons. The highest BCUT2D eigenvalue weighted by Gasteiger charge is 2.09. The van der Waals surface area contributed by atoms with E-state index in [1.807, 2.05) is 20.2 Å². The zero-order valence-corrected chi connectivity index (χ0v) is 9.79. The number of anilines is 1. The molecule has 0 aliphatic rings. The van der Waals surface area contributed by atoms with Crippen molar-refractivity contribution in [1.29, 1.82) is 5.26 Å². The van der Waals surface area contributed by atoms with Crippen LogP contribution in [0.4, 0.5) is 10.1 Å². The number of nitrogens with one attached hydrogen (secondary N) is 1. The van der Waals surface area contributed by atoms with E-state index in [0.717, 1.165) is 0 Å². The van der Waals surface area contributed by atoms with Gasteiger partial charge >= 0.3 is 0 Å². The second-order valence-corrected chi connectivity index (χ2v) is 3.97. The quantitative estimate of drug-likeness (QED) is 0.845. The van der Waals surface area contributed by atoms with Gasteiger partial charge in [0.2, 0.25) is 0 Å². The Kier molecular flexibility index (Phi) is 4.27. The maximum absolute atomic E-state index is 13.3. The van der Waals surface area contributed by atoms with E-state index in [9.17, 15) is 4.39 Å². The smallest absolute Gasteiger partial charge is 0.143 e. The highest BCUT2D eigenvalue weighted by molar-refractivity contribution is 5.57. The van der Waals surface area contributed by atoms with E-state index < -0.39 is 5.82 Å². The summed E-state index contributed by atoms with van der Waals surface area (Å²) in [6, 6.07) is 6.78. The molecule has 1 rings (SSSR count). The molecule has 1 aromatic rings. The lowest BCUT2D eigenvalue weighted by molar-refractivity contribution is 0.326. The molecule has 0 saturated heterocycles. The van der Waals surface area contributed by atoms with Crippen LogP contribution >= 0.6 is 0 Å². The van der Waals surface area contributed by atoms with Crippen molar-refractivity contribution >= 4 is 5.69 Å². The number of nitrogens with zero attached hydrogens (tertiary/aromatic N) is 2. The average molecular weight is 221 g/mol. The summed E-state index contributed by atoms with van der Waals surface area (Å²) in [6.45, 7) is 2.73. The summed E-state index contributed by atoms with van der Waals surface area (Å²) in [5.41, 5.74) is 0.629. The largest absolute Gasteiger partial charge is 0.382 e. The maximum Gasteiger partial charge on any atom is 0.143 e. The zero-order chi connectivity index (χ0) is 12.1. The van der Waals surface area contributed by atoms with Gasteiger partial charge in [-0.05, 0) is 33.2 Å². The van der Waals surface area contributed by atoms with Crippen LogP contribution in [0.15, 0.2) is 18.2 Å². The molecule has 0 aliphatic carbocycles. The molecule has 0 aliphatic heterocycles. The van der Waals surface area contributed by atoms with Gasteiger partial charge in [0.1, 0.15) is 17.4 Å². The van der Waals surface area contributed by atoms with Gasteiger partial charge in [-0.3, -0.25) is 0 Å². The van der Waals surface area contributed by atoms with Gasteiger partial charge in [0, 0.05) is 12.6 Å². The molecule has 0 bridgehead atoms. The van der Waals surface area contributed by atoms with Crippen molar-refractivity contribution in [2.75, 3.05) is 26.0 Å². The minimum Gasteiger partial charge on any atom is -0.382 e. The molecule has 0 spiro atoms. The molecule has 0 fully saturated rings. The van der Waals surface area contributed by atoms with Crippen molar-refractivity contribution in [3.8, 4) is 6.07 Å². The van der Waals surface area contributed by atoms with Crippen LogP contribution < -0.4 is 5.32 Å². The highest BCUT2D eigenvalue weighted by atomic mass is 19.1. The summed E-state index contributed by atoms with van der Waals surface area (Å²) < 4.78 is 13.3. The van der Waals surface area contributed by atoms with Gasteiger partial charge in [-0.15, -0.1) is 0 Å². The Morgan fingerprint density at radius 2 is 2.19 bits per heavy atom. The monoisotopic (exact) mass is 221 g/mol. The third-order valence-corrected chi connectivity index (χ3v) is 2.59. The number of halogens is 1. The van der Waals surface area contributed by atoms with Gasteiger partial charge < -0.3 is 10.2 Å². The fraction of sp³-hybridized carbons (Fsp3) is 0.417. The topological polar surface area (TPSA) is 39.1 Å². The molecular weight excluding hydrogens is 205 g/mol. The van der Waals surface area contributed by atoms with Crippen LogP contribution in [0.5, 0.6) is 0 Å². The van der Waals surface area contributed by atoms with Crippen molar-refractivity contribution in [1.82, 2.24) is 4.90 Å². The molecule has 1 N–H and O–H groups in total. The lowest BCUT2D eigenvalue weighted by Gasteiger charge is -2.21. The molecule has 0 amide bonds. The van der Waals surface area contributed by atoms with Crippen LogP contribution in [0.25, 0.3) is 0 Å². The summed E-state index contributed by atoms with van der Waals surface area (Å²) >= 11 is 0. The Morgan fingerprint density at radius 1 is 1.50 bits per heavy atom. The molecule has 0 aromatic heterocycles. The van der Waals surface area contributed by atoms with Crippen LogP contribution in [0, 0.1) is 17.1 Å². The first kappa shape index (κ1) is 12.5. The van der Waals surface area contributed by atoms with Gasteiger partial charge in [-0.25, -0.2) is 4.39 Å². The zero-order valence-electron chi connectivity index (χ0n) is 9.79. The van der Waals surface area contributed by atoms with E-state index in [4.69, 9.17) is 5.26 Å². The van der Waals surface area contributed by atoms with Gasteiger partial charge in [0.15, 0.2) is 0 Å². The normalized spacial score (nSPS) is 12.2. The molecule has 3 nitrogen and oxygen atoms in total. The van der Waals surface area contributed by atoms with Crippen LogP contribution in [0.2, 0.25) is 0 Å². The number of rotatable bonds is 4. The second kappa shape index (κ2) is 5.47. The first-order chi connectivity index (χ1) is 7.56.